The van der Waals surface area contributed by atoms with E-state index in [1.807, 2.05) is 37.0 Å². The maximum Gasteiger partial charge on any atom is 0.0541 e. The van der Waals surface area contributed by atoms with Gasteiger partial charge in [0.1, 0.15) is 0 Å². The molecule has 0 aliphatic rings. The molecule has 1 nitrogen and oxygen atoms in total. The van der Waals surface area contributed by atoms with Crippen molar-refractivity contribution in [3.05, 3.63) is 29.3 Å². The Hall–Kier alpha value is -0.180. The molecule has 3 heteroatoms. The van der Waals surface area contributed by atoms with Crippen LogP contribution in [0.1, 0.15) is 13.3 Å². The molecule has 1 aromatic rings. The summed E-state index contributed by atoms with van der Waals surface area (Å²) in [5.41, 5.74) is 0. The van der Waals surface area contributed by atoms with Crippen molar-refractivity contribution >= 4 is 23.4 Å². The van der Waals surface area contributed by atoms with E-state index in [4.69, 9.17) is 11.6 Å². The molecule has 0 saturated heterocycles. The van der Waals surface area contributed by atoms with Gasteiger partial charge in [-0.05, 0) is 38.3 Å². The third-order valence-corrected chi connectivity index (χ3v) is 3.69. The second-order valence-electron chi connectivity index (χ2n) is 3.26. The van der Waals surface area contributed by atoms with Gasteiger partial charge in [0.05, 0.1) is 5.02 Å². The van der Waals surface area contributed by atoms with E-state index in [-0.39, 0.29) is 0 Å². The lowest BCUT2D eigenvalue weighted by molar-refractivity contribution is 0.598. The lowest BCUT2D eigenvalue weighted by Crippen LogP contribution is -2.21. The average Bonchev–Trinajstić information content (AvgIpc) is 2.20. The van der Waals surface area contributed by atoms with Gasteiger partial charge < -0.3 is 5.32 Å². The topological polar surface area (TPSA) is 12.0 Å². The van der Waals surface area contributed by atoms with Crippen LogP contribution < -0.4 is 5.32 Å². The molecule has 0 spiro atoms. The fraction of sp³-hybridized carbons (Fsp3) is 0.455. The second-order valence-corrected chi connectivity index (χ2v) is 4.80. The molecule has 1 aromatic carbocycles. The van der Waals surface area contributed by atoms with Crippen molar-refractivity contribution in [3.63, 3.8) is 0 Å². The molecule has 0 fully saturated rings. The van der Waals surface area contributed by atoms with Crippen molar-refractivity contribution < 1.29 is 0 Å². The van der Waals surface area contributed by atoms with E-state index < -0.39 is 0 Å². The molecule has 0 amide bonds. The van der Waals surface area contributed by atoms with Crippen LogP contribution in [0.4, 0.5) is 0 Å². The molecular formula is C11H16ClNS. The van der Waals surface area contributed by atoms with Crippen LogP contribution in [-0.4, -0.2) is 18.8 Å². The summed E-state index contributed by atoms with van der Waals surface area (Å²) in [5, 5.41) is 4.08. The maximum absolute atomic E-state index is 6.04. The summed E-state index contributed by atoms with van der Waals surface area (Å²) in [6.07, 6.45) is 1.16. The largest absolute Gasteiger partial charge is 0.317 e. The smallest absolute Gasteiger partial charge is 0.0541 e. The predicted molar refractivity (Wildman–Crippen MR) is 65.3 cm³/mol. The molecule has 0 bridgehead atoms. The minimum Gasteiger partial charge on any atom is -0.317 e. The summed E-state index contributed by atoms with van der Waals surface area (Å²) in [6, 6.07) is 8.56. The lowest BCUT2D eigenvalue weighted by Gasteiger charge is -2.09. The molecule has 0 saturated carbocycles. The highest BCUT2D eigenvalue weighted by Crippen LogP contribution is 2.27. The van der Waals surface area contributed by atoms with E-state index in [2.05, 4.69) is 18.3 Å². The molecular weight excluding hydrogens is 214 g/mol. The lowest BCUT2D eigenvalue weighted by atomic mass is 10.3. The van der Waals surface area contributed by atoms with Gasteiger partial charge in [0.25, 0.3) is 0 Å². The first-order valence-corrected chi connectivity index (χ1v) is 6.15. The molecule has 0 heterocycles. The van der Waals surface area contributed by atoms with Gasteiger partial charge in [-0.15, -0.1) is 11.8 Å². The number of thioether (sulfide) groups is 1. The quantitative estimate of drug-likeness (QED) is 0.777. The van der Waals surface area contributed by atoms with Crippen molar-refractivity contribution in [2.75, 3.05) is 12.8 Å². The summed E-state index contributed by atoms with van der Waals surface area (Å²) >= 11 is 7.86. The Balaban J connectivity index is 2.35. The van der Waals surface area contributed by atoms with Crippen molar-refractivity contribution in [1.82, 2.24) is 5.32 Å². The number of hydrogen-bond acceptors (Lipinski definition) is 2. The van der Waals surface area contributed by atoms with E-state index in [9.17, 15) is 0 Å². The van der Waals surface area contributed by atoms with E-state index in [0.717, 1.165) is 17.2 Å². The number of nitrogens with one attached hydrogen (secondary N) is 1. The standard InChI is InChI=1S/C11H16ClNS/c1-9(13-2)7-8-14-11-6-4-3-5-10(11)12/h3-6,9,13H,7-8H2,1-2H3. The number of halogens is 1. The van der Waals surface area contributed by atoms with E-state index in [1.165, 1.54) is 4.90 Å². The van der Waals surface area contributed by atoms with E-state index in [1.54, 1.807) is 0 Å². The van der Waals surface area contributed by atoms with Crippen LogP contribution in [0.2, 0.25) is 5.02 Å². The Labute approximate surface area is 95.2 Å². The van der Waals surface area contributed by atoms with Gasteiger partial charge in [-0.25, -0.2) is 0 Å². The van der Waals surface area contributed by atoms with Gasteiger partial charge in [-0.2, -0.15) is 0 Å². The number of rotatable bonds is 5. The van der Waals surface area contributed by atoms with E-state index in [0.29, 0.717) is 6.04 Å². The van der Waals surface area contributed by atoms with Crippen LogP contribution in [-0.2, 0) is 0 Å². The van der Waals surface area contributed by atoms with Crippen molar-refractivity contribution in [2.24, 2.45) is 0 Å². The zero-order valence-corrected chi connectivity index (χ0v) is 10.2. The minimum absolute atomic E-state index is 0.574. The highest BCUT2D eigenvalue weighted by molar-refractivity contribution is 7.99. The summed E-state index contributed by atoms with van der Waals surface area (Å²) in [7, 11) is 1.99. The maximum atomic E-state index is 6.04. The van der Waals surface area contributed by atoms with Crippen LogP contribution in [0.3, 0.4) is 0 Å². The first-order valence-electron chi connectivity index (χ1n) is 4.78. The van der Waals surface area contributed by atoms with Gasteiger partial charge in [-0.1, -0.05) is 23.7 Å². The van der Waals surface area contributed by atoms with E-state index >= 15 is 0 Å². The van der Waals surface area contributed by atoms with Gasteiger partial charge in [0.2, 0.25) is 0 Å². The molecule has 14 heavy (non-hydrogen) atoms. The molecule has 0 aromatic heterocycles. The van der Waals surface area contributed by atoms with Crippen LogP contribution in [0.25, 0.3) is 0 Å². The average molecular weight is 230 g/mol. The Morgan fingerprint density at radius 3 is 2.79 bits per heavy atom. The second kappa shape index (κ2) is 6.33. The fourth-order valence-electron chi connectivity index (χ4n) is 1.05. The molecule has 0 radical (unpaired) electrons. The van der Waals surface area contributed by atoms with Gasteiger partial charge in [0.15, 0.2) is 0 Å². The Bertz CT molecular complexity index is 278. The summed E-state index contributed by atoms with van der Waals surface area (Å²) in [6.45, 7) is 2.19. The molecule has 0 aliphatic carbocycles. The first-order chi connectivity index (χ1) is 6.74. The summed E-state index contributed by atoms with van der Waals surface area (Å²) in [5.74, 6) is 1.10. The summed E-state index contributed by atoms with van der Waals surface area (Å²) < 4.78 is 0. The van der Waals surface area contributed by atoms with Crippen molar-refractivity contribution in [1.29, 1.82) is 0 Å². The SMILES string of the molecule is CNC(C)CCSc1ccccc1Cl. The third kappa shape index (κ3) is 3.91. The Morgan fingerprint density at radius 2 is 2.14 bits per heavy atom. The van der Waals surface area contributed by atoms with Gasteiger partial charge in [0, 0.05) is 10.9 Å². The molecule has 1 N–H and O–H groups in total. The first kappa shape index (κ1) is 11.9. The Morgan fingerprint density at radius 1 is 1.43 bits per heavy atom. The van der Waals surface area contributed by atoms with Crippen LogP contribution >= 0.6 is 23.4 Å². The summed E-state index contributed by atoms with van der Waals surface area (Å²) in [4.78, 5) is 1.18. The zero-order valence-electron chi connectivity index (χ0n) is 8.59. The highest BCUT2D eigenvalue weighted by atomic mass is 35.5. The fourth-order valence-corrected chi connectivity index (χ4v) is 2.42. The van der Waals surface area contributed by atoms with Crippen molar-refractivity contribution in [2.45, 2.75) is 24.3 Å². The predicted octanol–water partition coefficient (Wildman–Crippen LogP) is 3.43. The number of benzene rings is 1. The monoisotopic (exact) mass is 229 g/mol. The van der Waals surface area contributed by atoms with Crippen LogP contribution in [0.15, 0.2) is 29.2 Å². The normalized spacial score (nSPS) is 12.8. The minimum atomic E-state index is 0.574. The van der Waals surface area contributed by atoms with Crippen LogP contribution in [0, 0.1) is 0 Å². The molecule has 78 valence electrons. The molecule has 0 aliphatic heterocycles. The zero-order chi connectivity index (χ0) is 10.4. The van der Waals surface area contributed by atoms with Gasteiger partial charge in [-0.3, -0.25) is 0 Å². The third-order valence-electron chi connectivity index (χ3n) is 2.14. The molecule has 1 rings (SSSR count). The molecule has 1 atom stereocenters. The highest BCUT2D eigenvalue weighted by Gasteiger charge is 2.01. The number of hydrogen-bond donors (Lipinski definition) is 1. The Kier molecular flexibility index (Phi) is 5.38. The van der Waals surface area contributed by atoms with Gasteiger partial charge >= 0.3 is 0 Å². The van der Waals surface area contributed by atoms with Crippen molar-refractivity contribution in [3.8, 4) is 0 Å². The van der Waals surface area contributed by atoms with Crippen LogP contribution in [0.5, 0.6) is 0 Å². The molecule has 1 unspecified atom stereocenters.